The van der Waals surface area contributed by atoms with E-state index in [2.05, 4.69) is 5.32 Å². The molecule has 1 aromatic rings. The lowest BCUT2D eigenvalue weighted by atomic mass is 9.96. The smallest absolute Gasteiger partial charge is 0.225 e. The fourth-order valence-electron chi connectivity index (χ4n) is 2.80. The molecule has 1 aromatic carbocycles. The van der Waals surface area contributed by atoms with Gasteiger partial charge in [0.15, 0.2) is 0 Å². The highest BCUT2D eigenvalue weighted by Gasteiger charge is 2.26. The highest BCUT2D eigenvalue weighted by Crippen LogP contribution is 2.19. The molecule has 0 spiro atoms. The van der Waals surface area contributed by atoms with E-state index in [1.54, 1.807) is 4.90 Å². The van der Waals surface area contributed by atoms with Crippen molar-refractivity contribution >= 4 is 5.91 Å². The van der Waals surface area contributed by atoms with Crippen molar-refractivity contribution in [3.63, 3.8) is 0 Å². The van der Waals surface area contributed by atoms with Gasteiger partial charge in [0.1, 0.15) is 0 Å². The fraction of sp³-hybridized carbons (Fsp3) is 0.588. The van der Waals surface area contributed by atoms with Gasteiger partial charge in [-0.05, 0) is 45.3 Å². The molecule has 0 bridgehead atoms. The SMILES string of the molecule is CCN(CC(O)c1ccc(C)cc1)C(=O)C1CCNCC1. The summed E-state index contributed by atoms with van der Waals surface area (Å²) in [7, 11) is 0. The number of amides is 1. The van der Waals surface area contributed by atoms with Gasteiger partial charge in [0.2, 0.25) is 5.91 Å². The maximum atomic E-state index is 12.5. The number of hydrogen-bond acceptors (Lipinski definition) is 3. The summed E-state index contributed by atoms with van der Waals surface area (Å²) in [6, 6.07) is 7.85. The van der Waals surface area contributed by atoms with Crippen molar-refractivity contribution in [1.82, 2.24) is 10.2 Å². The monoisotopic (exact) mass is 290 g/mol. The minimum Gasteiger partial charge on any atom is -0.387 e. The Balaban J connectivity index is 1.97. The third-order valence-corrected chi connectivity index (χ3v) is 4.24. The summed E-state index contributed by atoms with van der Waals surface area (Å²) in [5.41, 5.74) is 2.04. The average Bonchev–Trinajstić information content (AvgIpc) is 2.53. The summed E-state index contributed by atoms with van der Waals surface area (Å²) in [5, 5.41) is 13.6. The van der Waals surface area contributed by atoms with Crippen LogP contribution in [-0.2, 0) is 4.79 Å². The Morgan fingerprint density at radius 1 is 1.33 bits per heavy atom. The van der Waals surface area contributed by atoms with Crippen LogP contribution < -0.4 is 5.32 Å². The van der Waals surface area contributed by atoms with Crippen molar-refractivity contribution in [2.24, 2.45) is 5.92 Å². The van der Waals surface area contributed by atoms with Crippen molar-refractivity contribution in [3.8, 4) is 0 Å². The predicted molar refractivity (Wildman–Crippen MR) is 84.0 cm³/mol. The Kier molecular flexibility index (Phi) is 5.76. The standard InChI is InChI=1S/C17H26N2O2/c1-3-19(17(21)15-8-10-18-11-9-15)12-16(20)14-6-4-13(2)5-7-14/h4-7,15-16,18,20H,3,8-12H2,1-2H3. The molecule has 1 fully saturated rings. The Labute approximate surface area is 127 Å². The largest absolute Gasteiger partial charge is 0.387 e. The third-order valence-electron chi connectivity index (χ3n) is 4.24. The summed E-state index contributed by atoms with van der Waals surface area (Å²) in [6.45, 7) is 6.84. The number of piperidine rings is 1. The molecular formula is C17H26N2O2. The Bertz CT molecular complexity index is 452. The fourth-order valence-corrected chi connectivity index (χ4v) is 2.80. The second-order valence-corrected chi connectivity index (χ2v) is 5.83. The van der Waals surface area contributed by atoms with E-state index in [0.717, 1.165) is 31.5 Å². The molecule has 1 aliphatic rings. The average molecular weight is 290 g/mol. The molecule has 0 saturated carbocycles. The van der Waals surface area contributed by atoms with Crippen molar-refractivity contribution in [3.05, 3.63) is 35.4 Å². The van der Waals surface area contributed by atoms with E-state index < -0.39 is 6.10 Å². The number of aliphatic hydroxyl groups is 1. The van der Waals surface area contributed by atoms with Gasteiger partial charge in [-0.25, -0.2) is 0 Å². The molecule has 0 radical (unpaired) electrons. The maximum absolute atomic E-state index is 12.5. The van der Waals surface area contributed by atoms with Crippen LogP contribution in [0.5, 0.6) is 0 Å². The van der Waals surface area contributed by atoms with Crippen molar-refractivity contribution in [2.45, 2.75) is 32.8 Å². The molecular weight excluding hydrogens is 264 g/mol. The van der Waals surface area contributed by atoms with Crippen molar-refractivity contribution < 1.29 is 9.90 Å². The zero-order valence-corrected chi connectivity index (χ0v) is 13.0. The van der Waals surface area contributed by atoms with Gasteiger partial charge < -0.3 is 15.3 Å². The Morgan fingerprint density at radius 3 is 2.52 bits per heavy atom. The minimum absolute atomic E-state index is 0.108. The number of carbonyl (C=O) groups excluding carboxylic acids is 1. The van der Waals surface area contributed by atoms with Crippen LogP contribution in [0.25, 0.3) is 0 Å². The van der Waals surface area contributed by atoms with Crippen LogP contribution in [0.2, 0.25) is 0 Å². The quantitative estimate of drug-likeness (QED) is 0.870. The first kappa shape index (κ1) is 16.0. The first-order chi connectivity index (χ1) is 10.1. The number of rotatable bonds is 5. The number of benzene rings is 1. The minimum atomic E-state index is -0.615. The lowest BCUT2D eigenvalue weighted by molar-refractivity contribution is -0.137. The van der Waals surface area contributed by atoms with E-state index in [9.17, 15) is 9.90 Å². The Hall–Kier alpha value is -1.39. The summed E-state index contributed by atoms with van der Waals surface area (Å²) in [4.78, 5) is 14.3. The van der Waals surface area contributed by atoms with E-state index in [-0.39, 0.29) is 11.8 Å². The van der Waals surface area contributed by atoms with E-state index in [0.29, 0.717) is 13.1 Å². The zero-order chi connectivity index (χ0) is 15.2. The van der Waals surface area contributed by atoms with E-state index in [1.165, 1.54) is 5.56 Å². The molecule has 2 rings (SSSR count). The van der Waals surface area contributed by atoms with Crippen LogP contribution in [-0.4, -0.2) is 42.1 Å². The normalized spacial score (nSPS) is 17.5. The lowest BCUT2D eigenvalue weighted by Gasteiger charge is -2.30. The molecule has 1 heterocycles. The van der Waals surface area contributed by atoms with E-state index in [1.807, 2.05) is 38.1 Å². The van der Waals surface area contributed by atoms with E-state index in [4.69, 9.17) is 0 Å². The van der Waals surface area contributed by atoms with Crippen LogP contribution in [0.3, 0.4) is 0 Å². The second kappa shape index (κ2) is 7.57. The van der Waals surface area contributed by atoms with Crippen molar-refractivity contribution in [2.75, 3.05) is 26.2 Å². The van der Waals surface area contributed by atoms with Crippen LogP contribution in [0.15, 0.2) is 24.3 Å². The van der Waals surface area contributed by atoms with Crippen molar-refractivity contribution in [1.29, 1.82) is 0 Å². The first-order valence-corrected chi connectivity index (χ1v) is 7.86. The van der Waals surface area contributed by atoms with Gasteiger partial charge in [-0.2, -0.15) is 0 Å². The summed E-state index contributed by atoms with van der Waals surface area (Å²) in [5.74, 6) is 0.293. The topological polar surface area (TPSA) is 52.6 Å². The molecule has 1 saturated heterocycles. The molecule has 4 heteroatoms. The summed E-state index contributed by atoms with van der Waals surface area (Å²) < 4.78 is 0. The van der Waals surface area contributed by atoms with Crippen LogP contribution in [0.1, 0.15) is 37.0 Å². The summed E-state index contributed by atoms with van der Waals surface area (Å²) in [6.07, 6.45) is 1.18. The lowest BCUT2D eigenvalue weighted by Crippen LogP contribution is -2.42. The first-order valence-electron chi connectivity index (χ1n) is 7.86. The maximum Gasteiger partial charge on any atom is 0.225 e. The third kappa shape index (κ3) is 4.29. The van der Waals surface area contributed by atoms with Gasteiger partial charge in [0.25, 0.3) is 0 Å². The summed E-state index contributed by atoms with van der Waals surface area (Å²) >= 11 is 0. The predicted octanol–water partition coefficient (Wildman–Crippen LogP) is 1.88. The van der Waals surface area contributed by atoms with Gasteiger partial charge in [-0.15, -0.1) is 0 Å². The number of aryl methyl sites for hydroxylation is 1. The number of aliphatic hydroxyl groups excluding tert-OH is 1. The number of nitrogens with zero attached hydrogens (tertiary/aromatic N) is 1. The van der Waals surface area contributed by atoms with Gasteiger partial charge >= 0.3 is 0 Å². The molecule has 0 aromatic heterocycles. The molecule has 1 aliphatic heterocycles. The highest BCUT2D eigenvalue weighted by atomic mass is 16.3. The molecule has 21 heavy (non-hydrogen) atoms. The highest BCUT2D eigenvalue weighted by molar-refractivity contribution is 5.79. The molecule has 1 unspecified atom stereocenters. The van der Waals surface area contributed by atoms with Gasteiger partial charge in [0.05, 0.1) is 12.6 Å². The molecule has 1 amide bonds. The van der Waals surface area contributed by atoms with Gasteiger partial charge in [-0.1, -0.05) is 29.8 Å². The van der Waals surface area contributed by atoms with E-state index >= 15 is 0 Å². The molecule has 0 aliphatic carbocycles. The number of carbonyl (C=O) groups is 1. The van der Waals surface area contributed by atoms with Crippen LogP contribution >= 0.6 is 0 Å². The number of nitrogens with one attached hydrogen (secondary N) is 1. The molecule has 4 nitrogen and oxygen atoms in total. The molecule has 116 valence electrons. The second-order valence-electron chi connectivity index (χ2n) is 5.83. The molecule has 1 atom stereocenters. The van der Waals surface area contributed by atoms with Gasteiger partial charge in [-0.3, -0.25) is 4.79 Å². The zero-order valence-electron chi connectivity index (χ0n) is 13.0. The van der Waals surface area contributed by atoms with Crippen LogP contribution in [0.4, 0.5) is 0 Å². The number of hydrogen-bond donors (Lipinski definition) is 2. The number of likely N-dealkylation sites (N-methyl/N-ethyl adjacent to an activating group) is 1. The van der Waals surface area contributed by atoms with Gasteiger partial charge in [0, 0.05) is 12.5 Å². The van der Waals surface area contributed by atoms with Crippen LogP contribution in [0, 0.1) is 12.8 Å². The molecule has 2 N–H and O–H groups in total. The Morgan fingerprint density at radius 2 is 1.95 bits per heavy atom.